The van der Waals surface area contributed by atoms with Gasteiger partial charge in [-0.05, 0) is 69.4 Å². The second-order valence-corrected chi connectivity index (χ2v) is 7.39. The second kappa shape index (κ2) is 7.08. The average molecular weight is 362 g/mol. The second-order valence-electron chi connectivity index (χ2n) is 6.95. The molecule has 0 fully saturated rings. The van der Waals surface area contributed by atoms with Crippen molar-refractivity contribution in [1.82, 2.24) is 15.1 Å². The Morgan fingerprint density at radius 2 is 1.96 bits per heavy atom. The molecule has 0 radical (unpaired) electrons. The number of fused-ring (bicyclic) bond motifs is 1. The molecular formula is C19H24ClN3O2. The first-order valence-corrected chi connectivity index (χ1v) is 9.01. The number of carbonyl (C=O) groups excluding carboxylic acids is 1. The number of hydrogen-bond donors (Lipinski definition) is 1. The molecule has 1 N–H and O–H groups in total. The van der Waals surface area contributed by atoms with E-state index in [0.29, 0.717) is 17.3 Å². The van der Waals surface area contributed by atoms with Gasteiger partial charge in [0.05, 0.1) is 12.2 Å². The van der Waals surface area contributed by atoms with Gasteiger partial charge in [-0.2, -0.15) is 5.10 Å². The topological polar surface area (TPSA) is 56.2 Å². The molecule has 5 nitrogen and oxygen atoms in total. The third-order valence-corrected chi connectivity index (χ3v) is 4.85. The Morgan fingerprint density at radius 3 is 2.68 bits per heavy atom. The lowest BCUT2D eigenvalue weighted by Gasteiger charge is -2.25. The Bertz CT molecular complexity index is 766. The van der Waals surface area contributed by atoms with Crippen molar-refractivity contribution in [2.24, 2.45) is 7.05 Å². The first-order valence-electron chi connectivity index (χ1n) is 8.63. The lowest BCUT2D eigenvalue weighted by Crippen LogP contribution is -2.46. The third kappa shape index (κ3) is 3.98. The molecule has 0 saturated carbocycles. The maximum absolute atomic E-state index is 12.6. The molecule has 0 bridgehead atoms. The van der Waals surface area contributed by atoms with Crippen molar-refractivity contribution in [3.63, 3.8) is 0 Å². The van der Waals surface area contributed by atoms with E-state index in [0.717, 1.165) is 18.5 Å². The number of nitrogens with zero attached hydrogens (tertiary/aromatic N) is 2. The van der Waals surface area contributed by atoms with Crippen molar-refractivity contribution in [2.45, 2.75) is 51.7 Å². The van der Waals surface area contributed by atoms with Crippen LogP contribution in [0, 0.1) is 0 Å². The van der Waals surface area contributed by atoms with E-state index in [1.807, 2.05) is 11.7 Å². The van der Waals surface area contributed by atoms with Crippen LogP contribution in [0.4, 0.5) is 0 Å². The Kier molecular flexibility index (Phi) is 5.04. The predicted molar refractivity (Wildman–Crippen MR) is 97.9 cm³/mol. The highest BCUT2D eigenvalue weighted by Crippen LogP contribution is 2.24. The lowest BCUT2D eigenvalue weighted by molar-refractivity contribution is -0.134. The van der Waals surface area contributed by atoms with Crippen molar-refractivity contribution < 1.29 is 9.53 Å². The van der Waals surface area contributed by atoms with Crippen molar-refractivity contribution in [3.8, 4) is 5.75 Å². The quantitative estimate of drug-likeness (QED) is 0.887. The predicted octanol–water partition coefficient (Wildman–Crippen LogP) is 3.43. The largest absolute Gasteiger partial charge is 0.478 e. The SMILES string of the molecule is Cn1nc(CNC(=O)C(C)(C)Oc2ccc(Cl)cc2)c2c1CCCC2. The summed E-state index contributed by atoms with van der Waals surface area (Å²) in [5.41, 5.74) is 2.58. The van der Waals surface area contributed by atoms with Crippen LogP contribution < -0.4 is 10.1 Å². The summed E-state index contributed by atoms with van der Waals surface area (Å²) in [7, 11) is 1.98. The van der Waals surface area contributed by atoms with E-state index in [2.05, 4.69) is 10.4 Å². The molecule has 3 rings (SSSR count). The fraction of sp³-hybridized carbons (Fsp3) is 0.474. The van der Waals surface area contributed by atoms with E-state index in [9.17, 15) is 4.79 Å². The van der Waals surface area contributed by atoms with Gasteiger partial charge in [-0.3, -0.25) is 9.48 Å². The zero-order chi connectivity index (χ0) is 18.0. The number of rotatable bonds is 5. The summed E-state index contributed by atoms with van der Waals surface area (Å²) in [5.74, 6) is 0.442. The zero-order valence-electron chi connectivity index (χ0n) is 14.9. The average Bonchev–Trinajstić information content (AvgIpc) is 2.91. The first-order chi connectivity index (χ1) is 11.9. The number of ether oxygens (including phenoxy) is 1. The van der Waals surface area contributed by atoms with Crippen molar-refractivity contribution >= 4 is 17.5 Å². The number of nitrogens with one attached hydrogen (secondary N) is 1. The summed E-state index contributed by atoms with van der Waals surface area (Å²) >= 11 is 5.88. The maximum atomic E-state index is 12.6. The molecule has 1 aliphatic rings. The molecule has 2 aromatic rings. The van der Waals surface area contributed by atoms with E-state index in [-0.39, 0.29) is 5.91 Å². The Morgan fingerprint density at radius 1 is 1.28 bits per heavy atom. The van der Waals surface area contributed by atoms with Crippen LogP contribution in [0.5, 0.6) is 5.75 Å². The number of aromatic nitrogens is 2. The van der Waals surface area contributed by atoms with E-state index < -0.39 is 5.60 Å². The third-order valence-electron chi connectivity index (χ3n) is 4.60. The molecule has 1 aromatic carbocycles. The van der Waals surface area contributed by atoms with Crippen LogP contribution in [0.2, 0.25) is 5.02 Å². The van der Waals surface area contributed by atoms with Crippen molar-refractivity contribution in [1.29, 1.82) is 0 Å². The molecule has 1 aliphatic carbocycles. The van der Waals surface area contributed by atoms with Crippen LogP contribution in [0.3, 0.4) is 0 Å². The van der Waals surface area contributed by atoms with Crippen molar-refractivity contribution in [2.75, 3.05) is 0 Å². The minimum atomic E-state index is -0.983. The van der Waals surface area contributed by atoms with Gasteiger partial charge in [-0.15, -0.1) is 0 Å². The molecule has 1 amide bonds. The fourth-order valence-electron chi connectivity index (χ4n) is 3.22. The number of benzene rings is 1. The van der Waals surface area contributed by atoms with E-state index in [4.69, 9.17) is 16.3 Å². The van der Waals surface area contributed by atoms with Gasteiger partial charge in [0.25, 0.3) is 5.91 Å². The summed E-state index contributed by atoms with van der Waals surface area (Å²) in [6.45, 7) is 3.94. The lowest BCUT2D eigenvalue weighted by atomic mass is 9.95. The Labute approximate surface area is 153 Å². The van der Waals surface area contributed by atoms with Crippen LogP contribution in [0.15, 0.2) is 24.3 Å². The maximum Gasteiger partial charge on any atom is 0.263 e. The van der Waals surface area contributed by atoms with Crippen LogP contribution in [0.1, 0.15) is 43.6 Å². The molecule has 25 heavy (non-hydrogen) atoms. The first kappa shape index (κ1) is 17.8. The molecule has 0 spiro atoms. The molecule has 1 aromatic heterocycles. The molecule has 0 saturated heterocycles. The Balaban J connectivity index is 1.64. The van der Waals surface area contributed by atoms with Crippen molar-refractivity contribution in [3.05, 3.63) is 46.2 Å². The van der Waals surface area contributed by atoms with E-state index >= 15 is 0 Å². The van der Waals surface area contributed by atoms with Gasteiger partial charge in [0.1, 0.15) is 5.75 Å². The molecule has 134 valence electrons. The molecule has 1 heterocycles. The molecule has 0 unspecified atom stereocenters. The van der Waals surface area contributed by atoms with Gasteiger partial charge in [-0.1, -0.05) is 11.6 Å². The van der Waals surface area contributed by atoms with Crippen LogP contribution in [-0.4, -0.2) is 21.3 Å². The molecule has 0 atom stereocenters. The Hall–Kier alpha value is -2.01. The summed E-state index contributed by atoms with van der Waals surface area (Å²) < 4.78 is 7.78. The van der Waals surface area contributed by atoms with Gasteiger partial charge in [0.2, 0.25) is 0 Å². The van der Waals surface area contributed by atoms with Crippen LogP contribution in [-0.2, 0) is 31.2 Å². The van der Waals surface area contributed by atoms with Gasteiger partial charge >= 0.3 is 0 Å². The molecule has 0 aliphatic heterocycles. The van der Waals surface area contributed by atoms with E-state index in [1.54, 1.807) is 38.1 Å². The van der Waals surface area contributed by atoms with Gasteiger partial charge < -0.3 is 10.1 Å². The van der Waals surface area contributed by atoms with Gasteiger partial charge in [0, 0.05) is 17.8 Å². The molecule has 6 heteroatoms. The smallest absolute Gasteiger partial charge is 0.263 e. The number of carbonyl (C=O) groups is 1. The summed E-state index contributed by atoms with van der Waals surface area (Å²) in [5, 5.41) is 8.19. The highest BCUT2D eigenvalue weighted by molar-refractivity contribution is 6.30. The summed E-state index contributed by atoms with van der Waals surface area (Å²) in [4.78, 5) is 12.6. The zero-order valence-corrected chi connectivity index (χ0v) is 15.7. The minimum Gasteiger partial charge on any atom is -0.478 e. The highest BCUT2D eigenvalue weighted by Gasteiger charge is 2.30. The molecular weight excluding hydrogens is 338 g/mol. The highest BCUT2D eigenvalue weighted by atomic mass is 35.5. The minimum absolute atomic E-state index is 0.169. The number of hydrogen-bond acceptors (Lipinski definition) is 3. The number of amides is 1. The number of aryl methyl sites for hydroxylation is 1. The standard InChI is InChI=1S/C19H24ClN3O2/c1-19(2,25-14-10-8-13(20)9-11-14)18(24)21-12-16-15-6-4-5-7-17(15)23(3)22-16/h8-11H,4-7,12H2,1-3H3,(H,21,24). The fourth-order valence-corrected chi connectivity index (χ4v) is 3.35. The normalized spacial score (nSPS) is 14.1. The monoisotopic (exact) mass is 361 g/mol. The number of halogens is 1. The van der Waals surface area contributed by atoms with E-state index in [1.165, 1.54) is 24.1 Å². The summed E-state index contributed by atoms with van der Waals surface area (Å²) in [6, 6.07) is 7.00. The summed E-state index contributed by atoms with van der Waals surface area (Å²) in [6.07, 6.45) is 4.50. The van der Waals surface area contributed by atoms with Gasteiger partial charge in [-0.25, -0.2) is 0 Å². The van der Waals surface area contributed by atoms with Crippen LogP contribution >= 0.6 is 11.6 Å². The van der Waals surface area contributed by atoms with Gasteiger partial charge in [0.15, 0.2) is 5.60 Å². The van der Waals surface area contributed by atoms with Crippen LogP contribution in [0.25, 0.3) is 0 Å².